The standard InChI is InChI=1S/C13H15N3O2/c1-17-10-4-2-3-9-11(8-5-6-18-7-8)15-13(14)16-12(9)10/h2-4,8H,5-7H2,1H3,(H2,14,15,16). The maximum Gasteiger partial charge on any atom is 0.220 e. The molecule has 1 atom stereocenters. The molecule has 0 aliphatic carbocycles. The third-order valence-corrected chi connectivity index (χ3v) is 3.27. The summed E-state index contributed by atoms with van der Waals surface area (Å²) in [7, 11) is 1.63. The van der Waals surface area contributed by atoms with Crippen molar-refractivity contribution < 1.29 is 9.47 Å². The molecule has 3 rings (SSSR count). The lowest BCUT2D eigenvalue weighted by Gasteiger charge is -2.12. The molecule has 1 unspecified atom stereocenters. The van der Waals surface area contributed by atoms with E-state index >= 15 is 0 Å². The van der Waals surface area contributed by atoms with Gasteiger partial charge in [0, 0.05) is 17.9 Å². The number of rotatable bonds is 2. The molecule has 1 saturated heterocycles. The van der Waals surface area contributed by atoms with Gasteiger partial charge in [0.1, 0.15) is 11.3 Å². The van der Waals surface area contributed by atoms with E-state index in [2.05, 4.69) is 9.97 Å². The van der Waals surface area contributed by atoms with Gasteiger partial charge in [-0.15, -0.1) is 0 Å². The number of aromatic nitrogens is 2. The first-order valence-electron chi connectivity index (χ1n) is 5.97. The molecule has 1 aromatic carbocycles. The lowest BCUT2D eigenvalue weighted by Crippen LogP contribution is -2.07. The van der Waals surface area contributed by atoms with Gasteiger partial charge < -0.3 is 15.2 Å². The number of para-hydroxylation sites is 1. The van der Waals surface area contributed by atoms with Crippen LogP contribution in [0.15, 0.2) is 18.2 Å². The van der Waals surface area contributed by atoms with Gasteiger partial charge in [-0.1, -0.05) is 12.1 Å². The van der Waals surface area contributed by atoms with E-state index in [9.17, 15) is 0 Å². The number of nitrogens with two attached hydrogens (primary N) is 1. The van der Waals surface area contributed by atoms with Crippen LogP contribution in [-0.4, -0.2) is 30.3 Å². The van der Waals surface area contributed by atoms with E-state index in [1.165, 1.54) is 0 Å². The van der Waals surface area contributed by atoms with Gasteiger partial charge >= 0.3 is 0 Å². The molecule has 1 aromatic heterocycles. The molecule has 0 radical (unpaired) electrons. The monoisotopic (exact) mass is 245 g/mol. The number of nitrogen functional groups attached to an aromatic ring is 1. The van der Waals surface area contributed by atoms with Crippen LogP contribution in [0, 0.1) is 0 Å². The largest absolute Gasteiger partial charge is 0.494 e. The predicted molar refractivity (Wildman–Crippen MR) is 68.7 cm³/mol. The Bertz CT molecular complexity index is 580. The van der Waals surface area contributed by atoms with E-state index in [4.69, 9.17) is 15.2 Å². The number of benzene rings is 1. The van der Waals surface area contributed by atoms with Crippen molar-refractivity contribution in [3.63, 3.8) is 0 Å². The minimum atomic E-state index is 0.286. The van der Waals surface area contributed by atoms with E-state index in [-0.39, 0.29) is 5.95 Å². The zero-order valence-electron chi connectivity index (χ0n) is 10.2. The molecule has 1 aliphatic rings. The highest BCUT2D eigenvalue weighted by molar-refractivity contribution is 5.87. The summed E-state index contributed by atoms with van der Waals surface area (Å²) in [5.41, 5.74) is 7.54. The number of hydrogen-bond acceptors (Lipinski definition) is 5. The molecule has 2 aromatic rings. The van der Waals surface area contributed by atoms with Crippen molar-refractivity contribution in [2.24, 2.45) is 0 Å². The molecule has 18 heavy (non-hydrogen) atoms. The zero-order valence-corrected chi connectivity index (χ0v) is 10.2. The topological polar surface area (TPSA) is 70.3 Å². The Labute approximate surface area is 105 Å². The summed E-state index contributed by atoms with van der Waals surface area (Å²) in [6.07, 6.45) is 0.975. The fourth-order valence-corrected chi connectivity index (χ4v) is 2.39. The molecule has 2 heterocycles. The second kappa shape index (κ2) is 4.42. The fraction of sp³-hybridized carbons (Fsp3) is 0.385. The van der Waals surface area contributed by atoms with E-state index in [0.717, 1.165) is 35.4 Å². The molecule has 0 spiro atoms. The average Bonchev–Trinajstić information content (AvgIpc) is 2.90. The third-order valence-electron chi connectivity index (χ3n) is 3.27. The molecular formula is C13H15N3O2. The van der Waals surface area contributed by atoms with Gasteiger partial charge in [-0.2, -0.15) is 0 Å². The summed E-state index contributed by atoms with van der Waals surface area (Å²) >= 11 is 0. The Hall–Kier alpha value is -1.88. The van der Waals surface area contributed by atoms with Crippen molar-refractivity contribution in [2.45, 2.75) is 12.3 Å². The highest BCUT2D eigenvalue weighted by Gasteiger charge is 2.23. The van der Waals surface area contributed by atoms with Crippen molar-refractivity contribution in [2.75, 3.05) is 26.1 Å². The number of ether oxygens (including phenoxy) is 2. The molecule has 94 valence electrons. The summed E-state index contributed by atoms with van der Waals surface area (Å²) < 4.78 is 10.7. The number of anilines is 1. The van der Waals surface area contributed by atoms with Crippen LogP contribution in [-0.2, 0) is 4.74 Å². The lowest BCUT2D eigenvalue weighted by molar-refractivity contribution is 0.193. The van der Waals surface area contributed by atoms with Crippen molar-refractivity contribution in [3.05, 3.63) is 23.9 Å². The van der Waals surface area contributed by atoms with Gasteiger partial charge in [0.25, 0.3) is 0 Å². The van der Waals surface area contributed by atoms with E-state index in [1.807, 2.05) is 18.2 Å². The SMILES string of the molecule is COc1cccc2c(C3CCOC3)nc(N)nc12. The van der Waals surface area contributed by atoms with Gasteiger partial charge in [-0.25, -0.2) is 9.97 Å². The highest BCUT2D eigenvalue weighted by Crippen LogP contribution is 2.33. The zero-order chi connectivity index (χ0) is 12.5. The molecule has 1 fully saturated rings. The first kappa shape index (κ1) is 11.2. The van der Waals surface area contributed by atoms with Crippen LogP contribution < -0.4 is 10.5 Å². The van der Waals surface area contributed by atoms with Crippen molar-refractivity contribution in [1.82, 2.24) is 9.97 Å². The number of methoxy groups -OCH3 is 1. The minimum absolute atomic E-state index is 0.286. The molecule has 0 bridgehead atoms. The maximum atomic E-state index is 5.80. The van der Waals surface area contributed by atoms with Crippen molar-refractivity contribution >= 4 is 16.9 Å². The van der Waals surface area contributed by atoms with Crippen LogP contribution in [0.2, 0.25) is 0 Å². The third kappa shape index (κ3) is 1.76. The second-order valence-corrected chi connectivity index (χ2v) is 4.38. The van der Waals surface area contributed by atoms with Crippen LogP contribution in [0.25, 0.3) is 10.9 Å². The number of fused-ring (bicyclic) bond motifs is 1. The van der Waals surface area contributed by atoms with Crippen LogP contribution >= 0.6 is 0 Å². The summed E-state index contributed by atoms with van der Waals surface area (Å²) in [4.78, 5) is 8.67. The summed E-state index contributed by atoms with van der Waals surface area (Å²) in [6.45, 7) is 1.47. The quantitative estimate of drug-likeness (QED) is 0.872. The fourth-order valence-electron chi connectivity index (χ4n) is 2.39. The van der Waals surface area contributed by atoms with E-state index in [1.54, 1.807) is 7.11 Å². The normalized spacial score (nSPS) is 19.3. The maximum absolute atomic E-state index is 5.80. The molecule has 1 aliphatic heterocycles. The Balaban J connectivity index is 2.24. The first-order chi connectivity index (χ1) is 8.79. The Morgan fingerprint density at radius 1 is 1.39 bits per heavy atom. The van der Waals surface area contributed by atoms with Gasteiger partial charge in [0.05, 0.1) is 19.4 Å². The molecule has 0 saturated carbocycles. The second-order valence-electron chi connectivity index (χ2n) is 4.38. The minimum Gasteiger partial charge on any atom is -0.494 e. The first-order valence-corrected chi connectivity index (χ1v) is 5.97. The smallest absolute Gasteiger partial charge is 0.220 e. The average molecular weight is 245 g/mol. The van der Waals surface area contributed by atoms with E-state index in [0.29, 0.717) is 12.5 Å². The summed E-state index contributed by atoms with van der Waals surface area (Å²) in [5, 5.41) is 0.999. The van der Waals surface area contributed by atoms with Crippen LogP contribution in [0.3, 0.4) is 0 Å². The highest BCUT2D eigenvalue weighted by atomic mass is 16.5. The number of hydrogen-bond donors (Lipinski definition) is 1. The Kier molecular flexibility index (Phi) is 2.76. The van der Waals surface area contributed by atoms with Crippen molar-refractivity contribution in [1.29, 1.82) is 0 Å². The van der Waals surface area contributed by atoms with Gasteiger partial charge in [-0.05, 0) is 12.5 Å². The summed E-state index contributed by atoms with van der Waals surface area (Å²) in [6, 6.07) is 5.83. The molecule has 5 nitrogen and oxygen atoms in total. The molecular weight excluding hydrogens is 230 g/mol. The number of nitrogens with zero attached hydrogens (tertiary/aromatic N) is 2. The Morgan fingerprint density at radius 2 is 2.28 bits per heavy atom. The van der Waals surface area contributed by atoms with Crippen LogP contribution in [0.1, 0.15) is 18.0 Å². The molecule has 2 N–H and O–H groups in total. The van der Waals surface area contributed by atoms with Gasteiger partial charge in [-0.3, -0.25) is 0 Å². The van der Waals surface area contributed by atoms with Crippen LogP contribution in [0.4, 0.5) is 5.95 Å². The van der Waals surface area contributed by atoms with Gasteiger partial charge in [0.15, 0.2) is 0 Å². The van der Waals surface area contributed by atoms with Crippen molar-refractivity contribution in [3.8, 4) is 5.75 Å². The Morgan fingerprint density at radius 3 is 3.00 bits per heavy atom. The predicted octanol–water partition coefficient (Wildman–Crippen LogP) is 1.72. The van der Waals surface area contributed by atoms with Crippen LogP contribution in [0.5, 0.6) is 5.75 Å². The van der Waals surface area contributed by atoms with Gasteiger partial charge in [0.2, 0.25) is 5.95 Å². The molecule has 0 amide bonds. The lowest BCUT2D eigenvalue weighted by atomic mass is 10.00. The summed E-state index contributed by atoms with van der Waals surface area (Å²) in [5.74, 6) is 1.31. The van der Waals surface area contributed by atoms with E-state index < -0.39 is 0 Å². The molecule has 5 heteroatoms.